The Morgan fingerprint density at radius 2 is 1.62 bits per heavy atom. The predicted octanol–water partition coefficient (Wildman–Crippen LogP) is 4.32. The van der Waals surface area contributed by atoms with Gasteiger partial charge in [-0.2, -0.15) is 0 Å². The fourth-order valence-corrected chi connectivity index (χ4v) is 3.66. The van der Waals surface area contributed by atoms with Crippen LogP contribution in [0, 0.1) is 5.82 Å². The van der Waals surface area contributed by atoms with Crippen LogP contribution in [-0.2, 0) is 4.79 Å². The summed E-state index contributed by atoms with van der Waals surface area (Å²) in [6, 6.07) is 24.9. The molecular weight excluding hydrogens is 407 g/mol. The summed E-state index contributed by atoms with van der Waals surface area (Å²) in [5.41, 5.74) is 1.48. The van der Waals surface area contributed by atoms with Crippen LogP contribution in [-0.4, -0.2) is 23.5 Å². The van der Waals surface area contributed by atoms with Gasteiger partial charge < -0.3 is 15.7 Å². The lowest BCUT2D eigenvalue weighted by Gasteiger charge is -2.23. The lowest BCUT2D eigenvalue weighted by atomic mass is 9.92. The number of amides is 2. The zero-order valence-corrected chi connectivity index (χ0v) is 17.1. The molecule has 6 heteroatoms. The molecule has 0 aliphatic carbocycles. The van der Waals surface area contributed by atoms with Crippen LogP contribution < -0.4 is 10.6 Å². The molecule has 0 radical (unpaired) electrons. The maximum absolute atomic E-state index is 13.4. The van der Waals surface area contributed by atoms with Crippen LogP contribution >= 0.6 is 0 Å². The number of phenols is 1. The lowest BCUT2D eigenvalue weighted by molar-refractivity contribution is -0.120. The van der Waals surface area contributed by atoms with Gasteiger partial charge >= 0.3 is 0 Å². The molecule has 2 amide bonds. The predicted molar refractivity (Wildman–Crippen MR) is 121 cm³/mol. The van der Waals surface area contributed by atoms with Crippen molar-refractivity contribution in [3.63, 3.8) is 0 Å². The summed E-state index contributed by atoms with van der Waals surface area (Å²) < 4.78 is 13.4. The molecule has 0 bridgehead atoms. The molecule has 0 spiro atoms. The zero-order chi connectivity index (χ0) is 22.5. The first-order chi connectivity index (χ1) is 15.5. The summed E-state index contributed by atoms with van der Waals surface area (Å²) in [6.45, 7) is -0.301. The number of benzene rings is 4. The number of phenolic OH excluding ortho intramolecular Hbond substituents is 1. The summed E-state index contributed by atoms with van der Waals surface area (Å²) in [5.74, 6) is -1.47. The molecule has 0 aliphatic heterocycles. The van der Waals surface area contributed by atoms with E-state index < -0.39 is 23.7 Å². The molecule has 0 fully saturated rings. The Kier molecular flexibility index (Phi) is 6.12. The molecule has 0 saturated carbocycles. The minimum atomic E-state index is -0.638. The van der Waals surface area contributed by atoms with Crippen LogP contribution in [0.1, 0.15) is 27.5 Å². The molecule has 32 heavy (non-hydrogen) atoms. The van der Waals surface area contributed by atoms with Crippen LogP contribution in [0.2, 0.25) is 0 Å². The first-order valence-corrected chi connectivity index (χ1v) is 10.1. The normalized spacial score (nSPS) is 11.7. The standard InChI is InChI=1S/C26H21FN2O3/c27-20-11-6-10-19(15-20)26(32)28-16-23(31)29-25(18-8-2-1-3-9-18)24-21-12-5-4-7-17(21)13-14-22(24)30/h1-15,25,30H,16H2,(H,28,32)(H,29,31). The average Bonchev–Trinajstić information content (AvgIpc) is 2.82. The SMILES string of the molecule is O=C(CNC(=O)c1cccc(F)c1)NC(c1ccccc1)c1c(O)ccc2ccccc12. The second-order valence-electron chi connectivity index (χ2n) is 7.32. The highest BCUT2D eigenvalue weighted by Gasteiger charge is 2.22. The molecule has 160 valence electrons. The van der Waals surface area contributed by atoms with Crippen molar-refractivity contribution in [2.24, 2.45) is 0 Å². The number of aromatic hydroxyl groups is 1. The van der Waals surface area contributed by atoms with E-state index in [-0.39, 0.29) is 17.9 Å². The first-order valence-electron chi connectivity index (χ1n) is 10.1. The minimum absolute atomic E-state index is 0.0571. The van der Waals surface area contributed by atoms with Crippen molar-refractivity contribution in [2.45, 2.75) is 6.04 Å². The van der Waals surface area contributed by atoms with Crippen molar-refractivity contribution in [2.75, 3.05) is 6.54 Å². The Labute approximate surface area is 184 Å². The highest BCUT2D eigenvalue weighted by molar-refractivity contribution is 5.96. The average molecular weight is 428 g/mol. The van der Waals surface area contributed by atoms with Gasteiger partial charge in [-0.15, -0.1) is 0 Å². The Balaban J connectivity index is 1.60. The fourth-order valence-electron chi connectivity index (χ4n) is 3.66. The molecule has 4 aromatic rings. The van der Waals surface area contributed by atoms with Crippen LogP contribution in [0.15, 0.2) is 91.0 Å². The number of halogens is 1. The maximum atomic E-state index is 13.4. The van der Waals surface area contributed by atoms with Crippen LogP contribution in [0.3, 0.4) is 0 Å². The van der Waals surface area contributed by atoms with Crippen molar-refractivity contribution in [1.29, 1.82) is 0 Å². The van der Waals surface area contributed by atoms with E-state index in [1.165, 1.54) is 18.2 Å². The van der Waals surface area contributed by atoms with Gasteiger partial charge in [0.25, 0.3) is 5.91 Å². The Morgan fingerprint density at radius 3 is 2.41 bits per heavy atom. The Bertz CT molecular complexity index is 1270. The third-order valence-corrected chi connectivity index (χ3v) is 5.17. The van der Waals surface area contributed by atoms with Crippen molar-refractivity contribution in [3.8, 4) is 5.75 Å². The van der Waals surface area contributed by atoms with Gasteiger partial charge in [-0.3, -0.25) is 9.59 Å². The topological polar surface area (TPSA) is 78.4 Å². The van der Waals surface area contributed by atoms with Gasteiger partial charge in [-0.25, -0.2) is 4.39 Å². The zero-order valence-electron chi connectivity index (χ0n) is 17.1. The number of hydrogen-bond acceptors (Lipinski definition) is 3. The van der Waals surface area contributed by atoms with Crippen molar-refractivity contribution < 1.29 is 19.1 Å². The molecule has 4 rings (SSSR count). The monoisotopic (exact) mass is 428 g/mol. The summed E-state index contributed by atoms with van der Waals surface area (Å²) in [6.07, 6.45) is 0. The smallest absolute Gasteiger partial charge is 0.251 e. The fraction of sp³-hybridized carbons (Fsp3) is 0.0769. The van der Waals surface area contributed by atoms with E-state index in [0.29, 0.717) is 5.56 Å². The summed E-state index contributed by atoms with van der Waals surface area (Å²) >= 11 is 0. The molecule has 4 aromatic carbocycles. The van der Waals surface area contributed by atoms with Crippen LogP contribution in [0.25, 0.3) is 10.8 Å². The number of hydrogen-bond donors (Lipinski definition) is 3. The quantitative estimate of drug-likeness (QED) is 0.428. The number of nitrogens with one attached hydrogen (secondary N) is 2. The van der Waals surface area contributed by atoms with Crippen molar-refractivity contribution in [1.82, 2.24) is 10.6 Å². The highest BCUT2D eigenvalue weighted by atomic mass is 19.1. The number of rotatable bonds is 6. The first kappa shape index (κ1) is 21.1. The van der Waals surface area contributed by atoms with E-state index in [1.807, 2.05) is 60.7 Å². The van der Waals surface area contributed by atoms with Gasteiger partial charge in [0.1, 0.15) is 11.6 Å². The molecule has 3 N–H and O–H groups in total. The van der Waals surface area contributed by atoms with E-state index in [1.54, 1.807) is 6.07 Å². The Hall–Kier alpha value is -4.19. The van der Waals surface area contributed by atoms with Crippen molar-refractivity contribution >= 4 is 22.6 Å². The van der Waals surface area contributed by atoms with E-state index >= 15 is 0 Å². The van der Waals surface area contributed by atoms with E-state index in [2.05, 4.69) is 10.6 Å². The number of carbonyl (C=O) groups excluding carboxylic acids is 2. The molecule has 0 aromatic heterocycles. The number of carbonyl (C=O) groups is 2. The summed E-state index contributed by atoms with van der Waals surface area (Å²) in [7, 11) is 0. The van der Waals surface area contributed by atoms with E-state index in [0.717, 1.165) is 22.4 Å². The lowest BCUT2D eigenvalue weighted by Crippen LogP contribution is -2.39. The van der Waals surface area contributed by atoms with Gasteiger partial charge in [-0.1, -0.05) is 66.7 Å². The minimum Gasteiger partial charge on any atom is -0.508 e. The molecule has 0 heterocycles. The maximum Gasteiger partial charge on any atom is 0.251 e. The molecule has 1 atom stereocenters. The third-order valence-electron chi connectivity index (χ3n) is 5.17. The van der Waals surface area contributed by atoms with Gasteiger partial charge in [0.15, 0.2) is 0 Å². The van der Waals surface area contributed by atoms with Crippen LogP contribution in [0.5, 0.6) is 5.75 Å². The second-order valence-corrected chi connectivity index (χ2v) is 7.32. The van der Waals surface area contributed by atoms with Gasteiger partial charge in [0.05, 0.1) is 12.6 Å². The van der Waals surface area contributed by atoms with Gasteiger partial charge in [-0.05, 0) is 40.6 Å². The number of fused-ring (bicyclic) bond motifs is 1. The Morgan fingerprint density at radius 1 is 0.875 bits per heavy atom. The van der Waals surface area contributed by atoms with E-state index in [9.17, 15) is 19.1 Å². The largest absolute Gasteiger partial charge is 0.508 e. The van der Waals surface area contributed by atoms with Crippen LogP contribution in [0.4, 0.5) is 4.39 Å². The molecular formula is C26H21FN2O3. The third kappa shape index (κ3) is 4.59. The van der Waals surface area contributed by atoms with Gasteiger partial charge in [0, 0.05) is 11.1 Å². The molecule has 1 unspecified atom stereocenters. The van der Waals surface area contributed by atoms with E-state index in [4.69, 9.17) is 0 Å². The summed E-state index contributed by atoms with van der Waals surface area (Å²) in [4.78, 5) is 25.0. The van der Waals surface area contributed by atoms with Gasteiger partial charge in [0.2, 0.25) is 5.91 Å². The highest BCUT2D eigenvalue weighted by Crippen LogP contribution is 2.35. The molecule has 0 saturated heterocycles. The molecule has 5 nitrogen and oxygen atoms in total. The molecule has 0 aliphatic rings. The second kappa shape index (κ2) is 9.31. The van der Waals surface area contributed by atoms with Crippen molar-refractivity contribution in [3.05, 3.63) is 114 Å². The summed E-state index contributed by atoms with van der Waals surface area (Å²) in [5, 5.41) is 17.8.